The molecule has 1 aliphatic heterocycles. The van der Waals surface area contributed by atoms with E-state index < -0.39 is 0 Å². The summed E-state index contributed by atoms with van der Waals surface area (Å²) in [6, 6.07) is 7.16. The van der Waals surface area contributed by atoms with Crippen LogP contribution in [-0.4, -0.2) is 54.9 Å². The highest BCUT2D eigenvalue weighted by molar-refractivity contribution is 5.92. The number of amides is 1. The van der Waals surface area contributed by atoms with E-state index in [-0.39, 0.29) is 18.6 Å². The van der Waals surface area contributed by atoms with Gasteiger partial charge in [0.25, 0.3) is 0 Å². The monoisotopic (exact) mass is 293 g/mol. The number of nitrogens with one attached hydrogen (secondary N) is 1. The topological polar surface area (TPSA) is 87.8 Å². The van der Waals surface area contributed by atoms with Crippen LogP contribution in [0.2, 0.25) is 0 Å². The Kier molecular flexibility index (Phi) is 5.98. The summed E-state index contributed by atoms with van der Waals surface area (Å²) in [6.45, 7) is 2.49. The number of nitrogen functional groups attached to an aromatic ring is 1. The summed E-state index contributed by atoms with van der Waals surface area (Å²) in [6.07, 6.45) is 1.99. The Morgan fingerprint density at radius 3 is 2.86 bits per heavy atom. The van der Waals surface area contributed by atoms with Crippen molar-refractivity contribution < 1.29 is 14.6 Å². The normalized spacial score (nSPS) is 16.8. The summed E-state index contributed by atoms with van der Waals surface area (Å²) >= 11 is 0. The van der Waals surface area contributed by atoms with Gasteiger partial charge in [0.15, 0.2) is 0 Å². The molecule has 1 saturated heterocycles. The zero-order chi connectivity index (χ0) is 15.1. The fraction of sp³-hybridized carbons (Fsp3) is 0.533. The summed E-state index contributed by atoms with van der Waals surface area (Å²) in [5.41, 5.74) is 7.04. The van der Waals surface area contributed by atoms with Crippen LogP contribution >= 0.6 is 0 Å². The number of benzene rings is 1. The lowest BCUT2D eigenvalue weighted by Gasteiger charge is -2.31. The minimum atomic E-state index is -0.0321. The molecule has 1 aromatic rings. The molecule has 0 aromatic heterocycles. The second-order valence-corrected chi connectivity index (χ2v) is 5.24. The minimum Gasteiger partial charge on any atom is -0.399 e. The number of aliphatic hydroxyl groups is 1. The van der Waals surface area contributed by atoms with Crippen molar-refractivity contribution >= 4 is 17.3 Å². The fourth-order valence-corrected chi connectivity index (χ4v) is 2.47. The van der Waals surface area contributed by atoms with E-state index in [1.54, 1.807) is 12.1 Å². The van der Waals surface area contributed by atoms with Gasteiger partial charge in [-0.2, -0.15) is 0 Å². The number of carbonyl (C=O) groups is 1. The molecule has 1 fully saturated rings. The Morgan fingerprint density at radius 2 is 2.19 bits per heavy atom. The van der Waals surface area contributed by atoms with Crippen LogP contribution in [0.5, 0.6) is 0 Å². The Labute approximate surface area is 124 Å². The predicted octanol–water partition coefficient (Wildman–Crippen LogP) is 0.681. The van der Waals surface area contributed by atoms with Gasteiger partial charge in [-0.25, -0.2) is 0 Å². The Bertz CT molecular complexity index is 459. The lowest BCUT2D eigenvalue weighted by molar-refractivity contribution is -0.118. The van der Waals surface area contributed by atoms with Crippen molar-refractivity contribution in [3.63, 3.8) is 0 Å². The van der Waals surface area contributed by atoms with E-state index in [2.05, 4.69) is 10.2 Å². The molecule has 1 aliphatic rings. The molecule has 0 bridgehead atoms. The molecule has 1 heterocycles. The van der Waals surface area contributed by atoms with E-state index in [1.165, 1.54) is 0 Å². The van der Waals surface area contributed by atoms with E-state index in [4.69, 9.17) is 15.6 Å². The Balaban J connectivity index is 1.72. The van der Waals surface area contributed by atoms with E-state index >= 15 is 0 Å². The van der Waals surface area contributed by atoms with Crippen LogP contribution in [0.15, 0.2) is 24.3 Å². The molecule has 6 heteroatoms. The Hall–Kier alpha value is -1.63. The standard InChI is InChI=1S/C15H23N3O3/c16-12-2-1-3-13(10-12)17-15(20)11-18-6-4-14(5-7-18)21-9-8-19/h1-3,10,14,19H,4-9,11,16H2,(H,17,20). The van der Waals surface area contributed by atoms with E-state index in [0.717, 1.165) is 31.6 Å². The lowest BCUT2D eigenvalue weighted by atomic mass is 10.1. The molecule has 116 valence electrons. The van der Waals surface area contributed by atoms with Gasteiger partial charge in [-0.3, -0.25) is 9.69 Å². The molecule has 0 radical (unpaired) electrons. The third-order valence-corrected chi connectivity index (χ3v) is 3.52. The highest BCUT2D eigenvalue weighted by atomic mass is 16.5. The van der Waals surface area contributed by atoms with Crippen LogP contribution < -0.4 is 11.1 Å². The van der Waals surface area contributed by atoms with Crippen molar-refractivity contribution in [2.75, 3.05) is 43.9 Å². The maximum absolute atomic E-state index is 12.0. The zero-order valence-electron chi connectivity index (χ0n) is 12.1. The first-order valence-corrected chi connectivity index (χ1v) is 7.27. The van der Waals surface area contributed by atoms with Gasteiger partial charge in [0, 0.05) is 24.5 Å². The van der Waals surface area contributed by atoms with Crippen LogP contribution in [0.3, 0.4) is 0 Å². The maximum Gasteiger partial charge on any atom is 0.238 e. The highest BCUT2D eigenvalue weighted by Gasteiger charge is 2.21. The predicted molar refractivity (Wildman–Crippen MR) is 82.0 cm³/mol. The number of nitrogens with two attached hydrogens (primary N) is 1. The number of ether oxygens (including phenoxy) is 1. The van der Waals surface area contributed by atoms with Gasteiger partial charge in [-0.1, -0.05) is 6.07 Å². The molecule has 21 heavy (non-hydrogen) atoms. The number of hydrogen-bond donors (Lipinski definition) is 3. The number of aliphatic hydroxyl groups excluding tert-OH is 1. The third kappa shape index (κ3) is 5.34. The van der Waals surface area contributed by atoms with Crippen molar-refractivity contribution in [3.05, 3.63) is 24.3 Å². The van der Waals surface area contributed by atoms with Gasteiger partial charge in [-0.05, 0) is 31.0 Å². The number of nitrogens with zero attached hydrogens (tertiary/aromatic N) is 1. The number of anilines is 2. The smallest absolute Gasteiger partial charge is 0.238 e. The van der Waals surface area contributed by atoms with E-state index in [1.807, 2.05) is 12.1 Å². The number of carbonyl (C=O) groups excluding carboxylic acids is 1. The molecule has 0 aliphatic carbocycles. The van der Waals surface area contributed by atoms with Crippen LogP contribution in [0.25, 0.3) is 0 Å². The molecular formula is C15H23N3O3. The molecule has 0 spiro atoms. The average molecular weight is 293 g/mol. The molecule has 0 atom stereocenters. The van der Waals surface area contributed by atoms with Gasteiger partial charge in [0.2, 0.25) is 5.91 Å². The molecule has 1 amide bonds. The molecule has 4 N–H and O–H groups in total. The fourth-order valence-electron chi connectivity index (χ4n) is 2.47. The molecular weight excluding hydrogens is 270 g/mol. The SMILES string of the molecule is Nc1cccc(NC(=O)CN2CCC(OCCO)CC2)c1. The van der Waals surface area contributed by atoms with E-state index in [9.17, 15) is 4.79 Å². The highest BCUT2D eigenvalue weighted by Crippen LogP contribution is 2.14. The summed E-state index contributed by atoms with van der Waals surface area (Å²) < 4.78 is 5.50. The largest absolute Gasteiger partial charge is 0.399 e. The minimum absolute atomic E-state index is 0.0321. The van der Waals surface area contributed by atoms with Crippen LogP contribution in [0.4, 0.5) is 11.4 Å². The molecule has 6 nitrogen and oxygen atoms in total. The van der Waals surface area contributed by atoms with Gasteiger partial charge in [0.1, 0.15) is 0 Å². The first kappa shape index (κ1) is 15.8. The van der Waals surface area contributed by atoms with Crippen LogP contribution in [0.1, 0.15) is 12.8 Å². The average Bonchev–Trinajstić information content (AvgIpc) is 2.46. The van der Waals surface area contributed by atoms with Crippen molar-refractivity contribution in [2.24, 2.45) is 0 Å². The number of hydrogen-bond acceptors (Lipinski definition) is 5. The quantitative estimate of drug-likeness (QED) is 0.671. The van der Waals surface area contributed by atoms with Crippen molar-refractivity contribution in [1.82, 2.24) is 4.90 Å². The third-order valence-electron chi connectivity index (χ3n) is 3.52. The summed E-state index contributed by atoms with van der Waals surface area (Å²) in [7, 11) is 0. The van der Waals surface area contributed by atoms with Crippen LogP contribution in [0, 0.1) is 0 Å². The van der Waals surface area contributed by atoms with Gasteiger partial charge in [0.05, 0.1) is 25.9 Å². The molecule has 0 unspecified atom stereocenters. The van der Waals surface area contributed by atoms with Crippen LogP contribution in [-0.2, 0) is 9.53 Å². The van der Waals surface area contributed by atoms with Crippen molar-refractivity contribution in [2.45, 2.75) is 18.9 Å². The number of likely N-dealkylation sites (tertiary alicyclic amines) is 1. The van der Waals surface area contributed by atoms with Gasteiger partial charge < -0.3 is 20.9 Å². The lowest BCUT2D eigenvalue weighted by Crippen LogP contribution is -2.41. The molecule has 2 rings (SSSR count). The summed E-state index contributed by atoms with van der Waals surface area (Å²) in [5, 5.41) is 11.6. The van der Waals surface area contributed by atoms with Crippen molar-refractivity contribution in [3.8, 4) is 0 Å². The molecule has 1 aromatic carbocycles. The Morgan fingerprint density at radius 1 is 1.43 bits per heavy atom. The summed E-state index contributed by atoms with van der Waals surface area (Å²) in [4.78, 5) is 14.1. The first-order chi connectivity index (χ1) is 10.2. The maximum atomic E-state index is 12.0. The molecule has 0 saturated carbocycles. The zero-order valence-corrected chi connectivity index (χ0v) is 12.1. The van der Waals surface area contributed by atoms with Gasteiger partial charge >= 0.3 is 0 Å². The van der Waals surface area contributed by atoms with Gasteiger partial charge in [-0.15, -0.1) is 0 Å². The summed E-state index contributed by atoms with van der Waals surface area (Å²) in [5.74, 6) is -0.0321. The van der Waals surface area contributed by atoms with E-state index in [0.29, 0.717) is 18.8 Å². The number of rotatable bonds is 6. The first-order valence-electron chi connectivity index (χ1n) is 7.27. The second kappa shape index (κ2) is 7.97. The number of piperidine rings is 1. The second-order valence-electron chi connectivity index (χ2n) is 5.24. The van der Waals surface area contributed by atoms with Crippen molar-refractivity contribution in [1.29, 1.82) is 0 Å².